The number of hydrogen-bond donors (Lipinski definition) is 0. The lowest BCUT2D eigenvalue weighted by atomic mass is 9.78. The Morgan fingerprint density at radius 3 is 2.46 bits per heavy atom. The molecule has 1 aromatic rings. The molecular weight excluding hydrogens is 362 g/mol. The molecule has 1 aromatic carbocycles. The predicted octanol–water partition coefficient (Wildman–Crippen LogP) is 2.39. The van der Waals surface area contributed by atoms with Gasteiger partial charge in [-0.15, -0.1) is 0 Å². The number of aliphatic imine (C=N–C) groups is 2. The van der Waals surface area contributed by atoms with E-state index in [1.807, 2.05) is 19.9 Å². The van der Waals surface area contributed by atoms with Crippen LogP contribution in [-0.2, 0) is 25.2 Å². The Morgan fingerprint density at radius 1 is 1.21 bits per heavy atom. The Balaban J connectivity index is 1.78. The van der Waals surface area contributed by atoms with Crippen molar-refractivity contribution >= 4 is 24.4 Å². The van der Waals surface area contributed by atoms with E-state index in [-0.39, 0.29) is 23.8 Å². The van der Waals surface area contributed by atoms with Crippen LogP contribution in [0.1, 0.15) is 33.3 Å². The third-order valence-electron chi connectivity index (χ3n) is 4.89. The molecule has 28 heavy (non-hydrogen) atoms. The smallest absolute Gasteiger partial charge is 0.483 e. The van der Waals surface area contributed by atoms with E-state index < -0.39 is 12.7 Å². The molecule has 2 heterocycles. The topological polar surface area (TPSA) is 61.6 Å². The number of rotatable bonds is 4. The number of methoxy groups -OCH3 is 2. The first kappa shape index (κ1) is 20.8. The maximum atomic E-state index is 14.7. The van der Waals surface area contributed by atoms with Gasteiger partial charge in [0, 0.05) is 11.9 Å². The van der Waals surface area contributed by atoms with Crippen LogP contribution in [0.2, 0.25) is 0 Å². The summed E-state index contributed by atoms with van der Waals surface area (Å²) in [5.41, 5.74) is 0.773. The van der Waals surface area contributed by atoms with E-state index in [0.29, 0.717) is 30.3 Å². The van der Waals surface area contributed by atoms with Gasteiger partial charge in [0.1, 0.15) is 17.9 Å². The van der Waals surface area contributed by atoms with Crippen LogP contribution in [0.15, 0.2) is 28.2 Å². The third-order valence-corrected chi connectivity index (χ3v) is 4.89. The molecule has 0 N–H and O–H groups in total. The molecule has 0 aliphatic carbocycles. The Labute approximate surface area is 166 Å². The van der Waals surface area contributed by atoms with Crippen molar-refractivity contribution in [2.24, 2.45) is 15.9 Å². The Morgan fingerprint density at radius 2 is 1.93 bits per heavy atom. The summed E-state index contributed by atoms with van der Waals surface area (Å²) in [6, 6.07) is 4.55. The van der Waals surface area contributed by atoms with Gasteiger partial charge >= 0.3 is 7.12 Å². The summed E-state index contributed by atoms with van der Waals surface area (Å²) in [7, 11) is 2.49. The van der Waals surface area contributed by atoms with Gasteiger partial charge in [0.2, 0.25) is 11.8 Å². The molecule has 2 aliphatic rings. The molecule has 0 bridgehead atoms. The molecule has 0 saturated carbocycles. The first-order valence-corrected chi connectivity index (χ1v) is 9.55. The molecule has 2 atom stereocenters. The molecule has 0 unspecified atom stereocenters. The third kappa shape index (κ3) is 4.38. The minimum absolute atomic E-state index is 0.171. The van der Waals surface area contributed by atoms with Crippen molar-refractivity contribution < 1.29 is 23.2 Å². The summed E-state index contributed by atoms with van der Waals surface area (Å²) in [6.45, 7) is 8.38. The van der Waals surface area contributed by atoms with Crippen molar-refractivity contribution in [1.82, 2.24) is 0 Å². The highest BCUT2D eigenvalue weighted by molar-refractivity contribution is 6.62. The molecule has 3 rings (SSSR count). The summed E-state index contributed by atoms with van der Waals surface area (Å²) < 4.78 is 37.0. The zero-order chi connectivity index (χ0) is 20.5. The van der Waals surface area contributed by atoms with Gasteiger partial charge in [-0.2, -0.15) is 0 Å². The molecule has 0 aromatic heterocycles. The molecule has 0 amide bonds. The number of ether oxygens (including phenoxy) is 2. The van der Waals surface area contributed by atoms with Gasteiger partial charge in [-0.3, -0.25) is 0 Å². The SMILES string of the molecule is COC1=N[C@H](C(C)C)C(OC)=N[C@H]1Cc1ccc(B2OCC(C)(C)O2)c(F)c1. The van der Waals surface area contributed by atoms with Crippen molar-refractivity contribution in [2.45, 2.75) is 51.8 Å². The highest BCUT2D eigenvalue weighted by atomic mass is 19.1. The van der Waals surface area contributed by atoms with E-state index in [4.69, 9.17) is 18.8 Å². The van der Waals surface area contributed by atoms with Crippen LogP contribution < -0.4 is 5.46 Å². The lowest BCUT2D eigenvalue weighted by Crippen LogP contribution is -2.38. The van der Waals surface area contributed by atoms with Crippen LogP contribution in [0, 0.1) is 11.7 Å². The largest absolute Gasteiger partial charge is 0.497 e. The van der Waals surface area contributed by atoms with Gasteiger partial charge in [0.25, 0.3) is 0 Å². The van der Waals surface area contributed by atoms with Gasteiger partial charge < -0.3 is 18.8 Å². The van der Waals surface area contributed by atoms with Crippen LogP contribution in [0.25, 0.3) is 0 Å². The molecule has 0 spiro atoms. The summed E-state index contributed by atoms with van der Waals surface area (Å²) in [4.78, 5) is 9.32. The maximum Gasteiger partial charge on any atom is 0.497 e. The Kier molecular flexibility index (Phi) is 6.10. The van der Waals surface area contributed by atoms with E-state index in [1.54, 1.807) is 20.3 Å². The standard InChI is InChI=1S/C20H28BFN2O4/c1-12(2)17-19(26-6)23-16(18(24-17)25-5)10-13-7-8-14(15(22)9-13)21-27-11-20(3,4)28-21/h7-9,12,16-17H,10-11H2,1-6H3/t16-,17+/m0/s1. The second-order valence-electron chi connectivity index (χ2n) is 8.13. The lowest BCUT2D eigenvalue weighted by Gasteiger charge is -2.27. The fourth-order valence-corrected chi connectivity index (χ4v) is 3.39. The second-order valence-corrected chi connectivity index (χ2v) is 8.13. The summed E-state index contributed by atoms with van der Waals surface area (Å²) >= 11 is 0. The molecular formula is C20H28BFN2O4. The van der Waals surface area contributed by atoms with Crippen molar-refractivity contribution in [1.29, 1.82) is 0 Å². The molecule has 1 saturated heterocycles. The van der Waals surface area contributed by atoms with Crippen molar-refractivity contribution in [3.8, 4) is 0 Å². The highest BCUT2D eigenvalue weighted by Gasteiger charge is 2.39. The Bertz CT molecular complexity index is 781. The Hall–Kier alpha value is -1.93. The number of halogens is 1. The molecule has 8 heteroatoms. The minimum atomic E-state index is -0.681. The van der Waals surface area contributed by atoms with E-state index in [9.17, 15) is 4.39 Å². The van der Waals surface area contributed by atoms with Gasteiger partial charge in [-0.25, -0.2) is 14.4 Å². The summed E-state index contributed by atoms with van der Waals surface area (Å²) in [6.07, 6.45) is 0.458. The number of hydrogen-bond acceptors (Lipinski definition) is 6. The minimum Gasteiger partial charge on any atom is -0.483 e. The molecule has 6 nitrogen and oxygen atoms in total. The summed E-state index contributed by atoms with van der Waals surface area (Å²) in [5.74, 6) is 0.987. The fourth-order valence-electron chi connectivity index (χ4n) is 3.39. The van der Waals surface area contributed by atoms with Crippen LogP contribution in [-0.4, -0.2) is 57.4 Å². The van der Waals surface area contributed by atoms with Gasteiger partial charge in [-0.05, 0) is 31.4 Å². The normalized spacial score (nSPS) is 24.2. The first-order chi connectivity index (χ1) is 13.2. The van der Waals surface area contributed by atoms with Crippen LogP contribution >= 0.6 is 0 Å². The monoisotopic (exact) mass is 390 g/mol. The van der Waals surface area contributed by atoms with E-state index in [2.05, 4.69) is 23.8 Å². The van der Waals surface area contributed by atoms with E-state index in [0.717, 1.165) is 5.56 Å². The van der Waals surface area contributed by atoms with Crippen LogP contribution in [0.4, 0.5) is 4.39 Å². The molecule has 2 aliphatic heterocycles. The maximum absolute atomic E-state index is 14.7. The van der Waals surface area contributed by atoms with E-state index in [1.165, 1.54) is 6.07 Å². The zero-order valence-electron chi connectivity index (χ0n) is 17.4. The first-order valence-electron chi connectivity index (χ1n) is 9.55. The molecule has 152 valence electrons. The van der Waals surface area contributed by atoms with Crippen molar-refractivity contribution in [3.05, 3.63) is 29.6 Å². The van der Waals surface area contributed by atoms with Gasteiger partial charge in [0.05, 0.1) is 26.4 Å². The predicted molar refractivity (Wildman–Crippen MR) is 108 cm³/mol. The summed E-state index contributed by atoms with van der Waals surface area (Å²) in [5, 5.41) is 0. The molecule has 0 radical (unpaired) electrons. The van der Waals surface area contributed by atoms with Gasteiger partial charge in [0.15, 0.2) is 0 Å². The highest BCUT2D eigenvalue weighted by Crippen LogP contribution is 2.22. The number of nitrogens with zero attached hydrogens (tertiary/aromatic N) is 2. The van der Waals surface area contributed by atoms with Crippen LogP contribution in [0.3, 0.4) is 0 Å². The average molecular weight is 390 g/mol. The average Bonchev–Trinajstić information content (AvgIpc) is 3.00. The van der Waals surface area contributed by atoms with E-state index >= 15 is 0 Å². The van der Waals surface area contributed by atoms with Crippen molar-refractivity contribution in [2.75, 3.05) is 20.8 Å². The van der Waals surface area contributed by atoms with Crippen LogP contribution in [0.5, 0.6) is 0 Å². The van der Waals surface area contributed by atoms with Crippen molar-refractivity contribution in [3.63, 3.8) is 0 Å². The molecule has 1 fully saturated rings. The lowest BCUT2D eigenvalue weighted by molar-refractivity contribution is 0.137. The second kappa shape index (κ2) is 8.21. The fraction of sp³-hybridized carbons (Fsp3) is 0.600. The van der Waals surface area contributed by atoms with Gasteiger partial charge in [-0.1, -0.05) is 26.0 Å². The quantitative estimate of drug-likeness (QED) is 0.741. The zero-order valence-corrected chi connectivity index (χ0v) is 17.4. The number of benzene rings is 1.